The van der Waals surface area contributed by atoms with Crippen molar-refractivity contribution in [3.05, 3.63) is 45.1 Å². The van der Waals surface area contributed by atoms with Crippen LogP contribution in [0.2, 0.25) is 0 Å². The first-order valence-corrected chi connectivity index (χ1v) is 5.94. The van der Waals surface area contributed by atoms with E-state index in [9.17, 15) is 0 Å². The average Bonchev–Trinajstić information content (AvgIpc) is 2.68. The molecule has 3 N–H and O–H groups in total. The predicted octanol–water partition coefficient (Wildman–Crippen LogP) is 1.85. The van der Waals surface area contributed by atoms with Crippen LogP contribution in [0.3, 0.4) is 0 Å². The summed E-state index contributed by atoms with van der Waals surface area (Å²) in [6, 6.07) is 1.91. The number of nitrogens with two attached hydrogens (primary N) is 1. The molecule has 0 fully saturated rings. The number of nitrogens with zero attached hydrogens (tertiary/aromatic N) is 2. The molecule has 0 aromatic carbocycles. The second-order valence-electron chi connectivity index (χ2n) is 2.91. The molecule has 2 rings (SSSR count). The predicted molar refractivity (Wildman–Crippen MR) is 63.2 cm³/mol. The Hall–Kier alpha value is -0.820. The fourth-order valence-corrected chi connectivity index (χ4v) is 2.49. The summed E-state index contributed by atoms with van der Waals surface area (Å²) >= 11 is 5.03. The third-order valence-electron chi connectivity index (χ3n) is 1.97. The molecule has 0 aliphatic rings. The van der Waals surface area contributed by atoms with E-state index < -0.39 is 0 Å². The Bertz CT molecular complexity index is 431. The quantitative estimate of drug-likeness (QED) is 0.667. The van der Waals surface area contributed by atoms with Crippen molar-refractivity contribution in [2.45, 2.75) is 6.04 Å². The largest absolute Gasteiger partial charge is 0.271 e. The van der Waals surface area contributed by atoms with Crippen LogP contribution in [-0.4, -0.2) is 9.97 Å². The van der Waals surface area contributed by atoms with E-state index in [2.05, 4.69) is 31.3 Å². The SMILES string of the molecule is NNC(c1csc(Br)c1)c1cnccn1. The maximum absolute atomic E-state index is 5.52. The number of nitrogens with one attached hydrogen (secondary N) is 1. The highest BCUT2D eigenvalue weighted by atomic mass is 79.9. The summed E-state index contributed by atoms with van der Waals surface area (Å²) in [5.41, 5.74) is 4.62. The summed E-state index contributed by atoms with van der Waals surface area (Å²) in [4.78, 5) is 8.24. The van der Waals surface area contributed by atoms with Crippen LogP contribution in [0.15, 0.2) is 33.8 Å². The first-order chi connectivity index (χ1) is 7.31. The summed E-state index contributed by atoms with van der Waals surface area (Å²) in [6.07, 6.45) is 5.00. The van der Waals surface area contributed by atoms with Crippen LogP contribution < -0.4 is 11.3 Å². The first-order valence-electron chi connectivity index (χ1n) is 4.27. The summed E-state index contributed by atoms with van der Waals surface area (Å²) in [5.74, 6) is 5.52. The highest BCUT2D eigenvalue weighted by Gasteiger charge is 2.14. The van der Waals surface area contributed by atoms with Crippen LogP contribution in [0.5, 0.6) is 0 Å². The number of rotatable bonds is 3. The minimum atomic E-state index is -0.110. The van der Waals surface area contributed by atoms with Gasteiger partial charge in [-0.3, -0.25) is 15.8 Å². The zero-order valence-corrected chi connectivity index (χ0v) is 10.1. The van der Waals surface area contributed by atoms with Gasteiger partial charge < -0.3 is 0 Å². The van der Waals surface area contributed by atoms with E-state index in [1.165, 1.54) is 0 Å². The molecule has 15 heavy (non-hydrogen) atoms. The van der Waals surface area contributed by atoms with Crippen LogP contribution in [0.1, 0.15) is 17.3 Å². The summed E-state index contributed by atoms with van der Waals surface area (Å²) in [6.45, 7) is 0. The molecule has 1 atom stereocenters. The highest BCUT2D eigenvalue weighted by Crippen LogP contribution is 2.27. The van der Waals surface area contributed by atoms with Crippen LogP contribution in [0, 0.1) is 0 Å². The van der Waals surface area contributed by atoms with Gasteiger partial charge >= 0.3 is 0 Å². The Morgan fingerprint density at radius 3 is 2.87 bits per heavy atom. The molecule has 0 saturated heterocycles. The Morgan fingerprint density at radius 2 is 2.33 bits per heavy atom. The molecule has 0 saturated carbocycles. The Balaban J connectivity index is 2.33. The van der Waals surface area contributed by atoms with Crippen molar-refractivity contribution in [1.82, 2.24) is 15.4 Å². The van der Waals surface area contributed by atoms with Crippen LogP contribution in [0.25, 0.3) is 0 Å². The van der Waals surface area contributed by atoms with E-state index >= 15 is 0 Å². The van der Waals surface area contributed by atoms with Gasteiger partial charge in [-0.2, -0.15) is 0 Å². The fraction of sp³-hybridized carbons (Fsp3) is 0.111. The van der Waals surface area contributed by atoms with Crippen molar-refractivity contribution in [3.63, 3.8) is 0 Å². The van der Waals surface area contributed by atoms with Crippen LogP contribution in [0.4, 0.5) is 0 Å². The topological polar surface area (TPSA) is 63.8 Å². The zero-order valence-electron chi connectivity index (χ0n) is 7.72. The lowest BCUT2D eigenvalue weighted by molar-refractivity contribution is 0.619. The smallest absolute Gasteiger partial charge is 0.0905 e. The second kappa shape index (κ2) is 4.80. The lowest BCUT2D eigenvalue weighted by atomic mass is 10.1. The van der Waals surface area contributed by atoms with Gasteiger partial charge in [-0.1, -0.05) is 0 Å². The average molecular weight is 285 g/mol. The van der Waals surface area contributed by atoms with Crippen molar-refractivity contribution < 1.29 is 0 Å². The molecular weight excluding hydrogens is 276 g/mol. The summed E-state index contributed by atoms with van der Waals surface area (Å²) in [7, 11) is 0. The number of hydrazine groups is 1. The van der Waals surface area contributed by atoms with Gasteiger partial charge in [-0.15, -0.1) is 11.3 Å². The molecule has 0 spiro atoms. The van der Waals surface area contributed by atoms with E-state index in [0.29, 0.717) is 0 Å². The van der Waals surface area contributed by atoms with Gasteiger partial charge in [0.05, 0.1) is 21.7 Å². The minimum absolute atomic E-state index is 0.110. The Morgan fingerprint density at radius 1 is 1.47 bits per heavy atom. The third kappa shape index (κ3) is 2.40. The molecule has 0 amide bonds. The molecule has 6 heteroatoms. The fourth-order valence-electron chi connectivity index (χ4n) is 1.29. The molecule has 0 radical (unpaired) electrons. The number of thiophene rings is 1. The molecule has 78 valence electrons. The molecule has 0 bridgehead atoms. The van der Waals surface area contributed by atoms with Gasteiger partial charge in [-0.05, 0) is 32.9 Å². The Kier molecular flexibility index (Phi) is 3.42. The van der Waals surface area contributed by atoms with Crippen molar-refractivity contribution in [1.29, 1.82) is 0 Å². The molecule has 2 aromatic rings. The van der Waals surface area contributed by atoms with Crippen molar-refractivity contribution >= 4 is 27.3 Å². The van der Waals surface area contributed by atoms with Crippen LogP contribution in [-0.2, 0) is 0 Å². The normalized spacial score (nSPS) is 12.7. The van der Waals surface area contributed by atoms with Gasteiger partial charge in [-0.25, -0.2) is 5.43 Å². The molecule has 2 aromatic heterocycles. The van der Waals surface area contributed by atoms with E-state index in [1.54, 1.807) is 29.9 Å². The van der Waals surface area contributed by atoms with Crippen molar-refractivity contribution in [2.24, 2.45) is 5.84 Å². The molecule has 0 aliphatic carbocycles. The van der Waals surface area contributed by atoms with Gasteiger partial charge in [0, 0.05) is 12.4 Å². The van der Waals surface area contributed by atoms with E-state index in [4.69, 9.17) is 5.84 Å². The number of halogens is 1. The maximum atomic E-state index is 5.52. The van der Waals surface area contributed by atoms with Crippen molar-refractivity contribution in [2.75, 3.05) is 0 Å². The van der Waals surface area contributed by atoms with Gasteiger partial charge in [0.2, 0.25) is 0 Å². The lowest BCUT2D eigenvalue weighted by Gasteiger charge is -2.12. The summed E-state index contributed by atoms with van der Waals surface area (Å²) in [5, 5.41) is 2.03. The molecule has 0 aliphatic heterocycles. The third-order valence-corrected chi connectivity index (χ3v) is 3.49. The van der Waals surface area contributed by atoms with Gasteiger partial charge in [0.1, 0.15) is 0 Å². The zero-order chi connectivity index (χ0) is 10.7. The van der Waals surface area contributed by atoms with Crippen LogP contribution >= 0.6 is 27.3 Å². The first kappa shape index (κ1) is 10.7. The molecular formula is C9H9BrN4S. The lowest BCUT2D eigenvalue weighted by Crippen LogP contribution is -2.29. The monoisotopic (exact) mass is 284 g/mol. The van der Waals surface area contributed by atoms with Gasteiger partial charge in [0.25, 0.3) is 0 Å². The molecule has 1 unspecified atom stereocenters. The van der Waals surface area contributed by atoms with E-state index in [-0.39, 0.29) is 6.04 Å². The number of aromatic nitrogens is 2. The van der Waals surface area contributed by atoms with E-state index in [0.717, 1.165) is 15.0 Å². The maximum Gasteiger partial charge on any atom is 0.0905 e. The second-order valence-corrected chi connectivity index (χ2v) is 5.20. The number of hydrogen-bond donors (Lipinski definition) is 2. The standard InChI is InChI=1S/C9H9BrN4S/c10-8-3-6(5-15-8)9(14-11)7-4-12-1-2-13-7/h1-5,9,14H,11H2. The summed E-state index contributed by atoms with van der Waals surface area (Å²) < 4.78 is 1.07. The molecule has 2 heterocycles. The minimum Gasteiger partial charge on any atom is -0.271 e. The van der Waals surface area contributed by atoms with Gasteiger partial charge in [0.15, 0.2) is 0 Å². The molecule has 4 nitrogen and oxygen atoms in total. The number of hydrogen-bond acceptors (Lipinski definition) is 5. The highest BCUT2D eigenvalue weighted by molar-refractivity contribution is 9.11. The van der Waals surface area contributed by atoms with E-state index in [1.807, 2.05) is 11.4 Å². The van der Waals surface area contributed by atoms with Crippen molar-refractivity contribution in [3.8, 4) is 0 Å². The Labute approximate surface area is 99.7 Å².